The van der Waals surface area contributed by atoms with Gasteiger partial charge in [0.05, 0.1) is 18.7 Å². The smallest absolute Gasteiger partial charge is 0.337 e. The molecule has 0 aliphatic rings. The van der Waals surface area contributed by atoms with Crippen LogP contribution in [0.2, 0.25) is 0 Å². The van der Waals surface area contributed by atoms with Gasteiger partial charge in [0.25, 0.3) is 0 Å². The minimum absolute atomic E-state index is 0.0964. The first-order valence-electron chi connectivity index (χ1n) is 9.36. The Kier molecular flexibility index (Phi) is 6.62. The Labute approximate surface area is 176 Å². The van der Waals surface area contributed by atoms with Crippen molar-refractivity contribution in [1.82, 2.24) is 5.32 Å². The minimum Gasteiger partial charge on any atom is -0.465 e. The van der Waals surface area contributed by atoms with Crippen molar-refractivity contribution in [3.63, 3.8) is 0 Å². The molecule has 0 aliphatic carbocycles. The first-order valence-corrected chi connectivity index (χ1v) is 9.76. The first-order chi connectivity index (χ1) is 14.0. The molecule has 3 aromatic rings. The van der Waals surface area contributed by atoms with E-state index in [9.17, 15) is 4.79 Å². The van der Waals surface area contributed by atoms with Gasteiger partial charge in [-0.15, -0.1) is 0 Å². The monoisotopic (exact) mass is 404 g/mol. The molecule has 0 aromatic heterocycles. The maximum absolute atomic E-state index is 11.8. The normalized spacial score (nSPS) is 11.4. The van der Waals surface area contributed by atoms with Crippen LogP contribution < -0.4 is 10.6 Å². The van der Waals surface area contributed by atoms with Gasteiger partial charge < -0.3 is 15.4 Å². The van der Waals surface area contributed by atoms with E-state index in [1.54, 1.807) is 12.1 Å². The van der Waals surface area contributed by atoms with Crippen molar-refractivity contribution in [2.24, 2.45) is 0 Å². The lowest BCUT2D eigenvalue weighted by molar-refractivity contribution is 0.0601. The van der Waals surface area contributed by atoms with Crippen LogP contribution in [0.3, 0.4) is 0 Å². The van der Waals surface area contributed by atoms with E-state index in [2.05, 4.69) is 54.0 Å². The summed E-state index contributed by atoms with van der Waals surface area (Å²) in [7, 11) is 1.37. The van der Waals surface area contributed by atoms with Gasteiger partial charge in [0.15, 0.2) is 5.11 Å². The van der Waals surface area contributed by atoms with E-state index in [-0.39, 0.29) is 12.0 Å². The Morgan fingerprint density at radius 1 is 0.931 bits per heavy atom. The molecule has 0 amide bonds. The number of carbonyl (C=O) groups is 1. The van der Waals surface area contributed by atoms with Crippen LogP contribution in [0.15, 0.2) is 72.8 Å². The standard InChI is InChI=1S/C24H24N2O2S/c1-16-9-12-19(13-10-16)22(18-7-5-4-6-8-18)26-24(29)25-21-15-20(23(27)28-3)14-11-17(21)2/h4-15,22H,1-3H3,(H2,25,26,29). The van der Waals surface area contributed by atoms with Crippen LogP contribution >= 0.6 is 12.2 Å². The van der Waals surface area contributed by atoms with Crippen LogP contribution in [-0.2, 0) is 4.74 Å². The number of rotatable bonds is 5. The van der Waals surface area contributed by atoms with Gasteiger partial charge in [-0.2, -0.15) is 0 Å². The lowest BCUT2D eigenvalue weighted by atomic mass is 9.98. The average molecular weight is 405 g/mol. The molecular weight excluding hydrogens is 380 g/mol. The molecule has 2 N–H and O–H groups in total. The highest BCUT2D eigenvalue weighted by molar-refractivity contribution is 7.80. The summed E-state index contributed by atoms with van der Waals surface area (Å²) in [5, 5.41) is 7.11. The fourth-order valence-electron chi connectivity index (χ4n) is 3.05. The van der Waals surface area contributed by atoms with Gasteiger partial charge in [-0.25, -0.2) is 4.79 Å². The second kappa shape index (κ2) is 9.34. The van der Waals surface area contributed by atoms with E-state index < -0.39 is 0 Å². The Balaban J connectivity index is 1.84. The topological polar surface area (TPSA) is 50.4 Å². The molecular formula is C24H24N2O2S. The molecule has 0 radical (unpaired) electrons. The highest BCUT2D eigenvalue weighted by Gasteiger charge is 2.16. The maximum Gasteiger partial charge on any atom is 0.337 e. The van der Waals surface area contributed by atoms with Crippen LogP contribution in [0.1, 0.15) is 38.7 Å². The number of aryl methyl sites for hydroxylation is 2. The summed E-state index contributed by atoms with van der Waals surface area (Å²) in [6, 6.07) is 23.8. The van der Waals surface area contributed by atoms with Crippen molar-refractivity contribution in [1.29, 1.82) is 0 Å². The van der Waals surface area contributed by atoms with Gasteiger partial charge in [-0.1, -0.05) is 66.2 Å². The second-order valence-corrected chi connectivity index (χ2v) is 7.28. The van der Waals surface area contributed by atoms with Gasteiger partial charge in [0.2, 0.25) is 0 Å². The number of methoxy groups -OCH3 is 1. The van der Waals surface area contributed by atoms with Gasteiger partial charge in [0, 0.05) is 5.69 Å². The summed E-state index contributed by atoms with van der Waals surface area (Å²) in [5.74, 6) is -0.381. The predicted octanol–water partition coefficient (Wildman–Crippen LogP) is 5.17. The lowest BCUT2D eigenvalue weighted by Gasteiger charge is -2.23. The van der Waals surface area contributed by atoms with Crippen molar-refractivity contribution in [3.8, 4) is 0 Å². The molecule has 3 rings (SSSR count). The number of ether oxygens (including phenoxy) is 1. The van der Waals surface area contributed by atoms with E-state index in [1.807, 2.05) is 31.2 Å². The third kappa shape index (κ3) is 5.21. The lowest BCUT2D eigenvalue weighted by Crippen LogP contribution is -2.33. The van der Waals surface area contributed by atoms with Crippen LogP contribution in [0.4, 0.5) is 5.69 Å². The summed E-state index contributed by atoms with van der Waals surface area (Å²) in [6.07, 6.45) is 0. The largest absolute Gasteiger partial charge is 0.465 e. The summed E-state index contributed by atoms with van der Waals surface area (Å²) in [4.78, 5) is 11.8. The van der Waals surface area contributed by atoms with Crippen molar-refractivity contribution < 1.29 is 9.53 Å². The predicted molar refractivity (Wildman–Crippen MR) is 121 cm³/mol. The number of carbonyl (C=O) groups excluding carboxylic acids is 1. The maximum atomic E-state index is 11.8. The van der Waals surface area contributed by atoms with E-state index in [0.717, 1.165) is 22.4 Å². The van der Waals surface area contributed by atoms with Crippen LogP contribution in [0.25, 0.3) is 0 Å². The molecule has 0 saturated carbocycles. The Hall–Kier alpha value is -3.18. The quantitative estimate of drug-likeness (QED) is 0.454. The fraction of sp³-hybridized carbons (Fsp3) is 0.167. The average Bonchev–Trinajstić information content (AvgIpc) is 2.74. The Morgan fingerprint density at radius 3 is 2.24 bits per heavy atom. The van der Waals surface area contributed by atoms with Crippen molar-refractivity contribution in [2.45, 2.75) is 19.9 Å². The first kappa shape index (κ1) is 20.6. The third-order valence-electron chi connectivity index (χ3n) is 4.73. The summed E-state index contributed by atoms with van der Waals surface area (Å²) in [5.41, 5.74) is 5.65. The Bertz CT molecular complexity index is 1000. The van der Waals surface area contributed by atoms with Crippen molar-refractivity contribution >= 4 is 29.0 Å². The van der Waals surface area contributed by atoms with E-state index >= 15 is 0 Å². The summed E-state index contributed by atoms with van der Waals surface area (Å²) >= 11 is 5.60. The highest BCUT2D eigenvalue weighted by Crippen LogP contribution is 2.23. The van der Waals surface area contributed by atoms with Crippen molar-refractivity contribution in [3.05, 3.63) is 101 Å². The fourth-order valence-corrected chi connectivity index (χ4v) is 3.28. The number of hydrogen-bond acceptors (Lipinski definition) is 3. The molecule has 3 aromatic carbocycles. The minimum atomic E-state index is -0.381. The van der Waals surface area contributed by atoms with Crippen LogP contribution in [-0.4, -0.2) is 18.2 Å². The number of thiocarbonyl (C=S) groups is 1. The second-order valence-electron chi connectivity index (χ2n) is 6.87. The van der Waals surface area contributed by atoms with Gasteiger partial charge in [-0.3, -0.25) is 0 Å². The van der Waals surface area contributed by atoms with Crippen LogP contribution in [0.5, 0.6) is 0 Å². The molecule has 0 spiro atoms. The molecule has 0 saturated heterocycles. The molecule has 0 heterocycles. The number of nitrogens with one attached hydrogen (secondary N) is 2. The zero-order valence-corrected chi connectivity index (χ0v) is 17.5. The van der Waals surface area contributed by atoms with Gasteiger partial charge in [-0.05, 0) is 54.9 Å². The molecule has 0 bridgehead atoms. The Morgan fingerprint density at radius 2 is 1.59 bits per heavy atom. The zero-order valence-electron chi connectivity index (χ0n) is 16.7. The van der Waals surface area contributed by atoms with Crippen molar-refractivity contribution in [2.75, 3.05) is 12.4 Å². The molecule has 4 nitrogen and oxygen atoms in total. The molecule has 5 heteroatoms. The zero-order chi connectivity index (χ0) is 20.8. The highest BCUT2D eigenvalue weighted by atomic mass is 32.1. The molecule has 29 heavy (non-hydrogen) atoms. The van der Waals surface area contributed by atoms with Gasteiger partial charge >= 0.3 is 5.97 Å². The molecule has 1 atom stereocenters. The number of esters is 1. The number of hydrogen-bond donors (Lipinski definition) is 2. The molecule has 148 valence electrons. The summed E-state index contributed by atoms with van der Waals surface area (Å²) < 4.78 is 4.81. The van der Waals surface area contributed by atoms with E-state index in [4.69, 9.17) is 17.0 Å². The number of anilines is 1. The molecule has 0 fully saturated rings. The molecule has 1 unspecified atom stereocenters. The summed E-state index contributed by atoms with van der Waals surface area (Å²) in [6.45, 7) is 4.03. The van der Waals surface area contributed by atoms with E-state index in [0.29, 0.717) is 10.7 Å². The van der Waals surface area contributed by atoms with E-state index in [1.165, 1.54) is 12.7 Å². The van der Waals surface area contributed by atoms with Gasteiger partial charge in [0.1, 0.15) is 0 Å². The SMILES string of the molecule is COC(=O)c1ccc(C)c(NC(=S)NC(c2ccccc2)c2ccc(C)cc2)c1. The van der Waals surface area contributed by atoms with Crippen LogP contribution in [0, 0.1) is 13.8 Å². The third-order valence-corrected chi connectivity index (χ3v) is 4.95. The number of benzene rings is 3. The molecule has 0 aliphatic heterocycles.